The van der Waals surface area contributed by atoms with E-state index in [2.05, 4.69) is 28.8 Å². The van der Waals surface area contributed by atoms with E-state index in [0.29, 0.717) is 0 Å². The number of rotatable bonds is 3. The number of anilines is 1. The fourth-order valence-electron chi connectivity index (χ4n) is 2.45. The average molecular weight is 261 g/mol. The number of nitrogens with two attached hydrogens (primary N) is 1. The Kier molecular flexibility index (Phi) is 3.14. The molecule has 0 aliphatic heterocycles. The van der Waals surface area contributed by atoms with E-state index in [0.717, 1.165) is 35.1 Å². The summed E-state index contributed by atoms with van der Waals surface area (Å²) in [4.78, 5) is 0. The first-order valence-corrected chi connectivity index (χ1v) is 6.60. The van der Waals surface area contributed by atoms with Crippen molar-refractivity contribution in [3.63, 3.8) is 0 Å². The van der Waals surface area contributed by atoms with Gasteiger partial charge in [0.15, 0.2) is 0 Å². The minimum Gasteiger partial charge on any atom is -0.399 e. The highest BCUT2D eigenvalue weighted by Gasteiger charge is 2.05. The van der Waals surface area contributed by atoms with Crippen LogP contribution < -0.4 is 5.73 Å². The van der Waals surface area contributed by atoms with Gasteiger partial charge in [0, 0.05) is 29.3 Å². The molecule has 20 heavy (non-hydrogen) atoms. The van der Waals surface area contributed by atoms with Gasteiger partial charge in [-0.2, -0.15) is 5.26 Å². The zero-order chi connectivity index (χ0) is 13.9. The smallest absolute Gasteiger partial charge is 0.0998 e. The second-order valence-electron chi connectivity index (χ2n) is 4.85. The second-order valence-corrected chi connectivity index (χ2v) is 4.85. The number of nitriles is 1. The molecule has 0 fully saturated rings. The molecule has 3 heteroatoms. The van der Waals surface area contributed by atoms with Crippen LogP contribution in [0.3, 0.4) is 0 Å². The van der Waals surface area contributed by atoms with Crippen LogP contribution in [0.1, 0.15) is 11.1 Å². The maximum Gasteiger partial charge on any atom is 0.0998 e. The Labute approximate surface area is 117 Å². The molecule has 3 nitrogen and oxygen atoms in total. The van der Waals surface area contributed by atoms with Gasteiger partial charge in [0.1, 0.15) is 0 Å². The van der Waals surface area contributed by atoms with Gasteiger partial charge >= 0.3 is 0 Å². The van der Waals surface area contributed by atoms with Gasteiger partial charge in [-0.05, 0) is 42.3 Å². The number of fused-ring (bicyclic) bond motifs is 1. The average Bonchev–Trinajstić information content (AvgIpc) is 2.90. The van der Waals surface area contributed by atoms with Crippen LogP contribution in [0.2, 0.25) is 0 Å². The van der Waals surface area contributed by atoms with Crippen molar-refractivity contribution in [2.24, 2.45) is 0 Å². The molecule has 0 amide bonds. The van der Waals surface area contributed by atoms with Gasteiger partial charge in [-0.15, -0.1) is 0 Å². The van der Waals surface area contributed by atoms with E-state index in [1.165, 1.54) is 5.56 Å². The summed E-state index contributed by atoms with van der Waals surface area (Å²) in [5, 5.41) is 10.1. The van der Waals surface area contributed by atoms with E-state index in [9.17, 15) is 0 Å². The van der Waals surface area contributed by atoms with Crippen LogP contribution in [0, 0.1) is 11.3 Å². The third-order valence-electron chi connectivity index (χ3n) is 3.56. The molecule has 0 bridgehead atoms. The van der Waals surface area contributed by atoms with Gasteiger partial charge in [0.25, 0.3) is 0 Å². The third kappa shape index (κ3) is 2.24. The number of benzene rings is 2. The number of aromatic nitrogens is 1. The van der Waals surface area contributed by atoms with Gasteiger partial charge in [0.05, 0.1) is 11.6 Å². The molecule has 0 spiro atoms. The minimum atomic E-state index is 0.730. The van der Waals surface area contributed by atoms with Crippen LogP contribution in [-0.2, 0) is 13.0 Å². The highest BCUT2D eigenvalue weighted by molar-refractivity contribution is 5.85. The zero-order valence-electron chi connectivity index (χ0n) is 11.1. The number of hydrogen-bond acceptors (Lipinski definition) is 2. The Bertz CT molecular complexity index is 776. The van der Waals surface area contributed by atoms with Crippen molar-refractivity contribution in [1.82, 2.24) is 4.57 Å². The number of nitrogens with zero attached hydrogens (tertiary/aromatic N) is 2. The predicted octanol–water partition coefficient (Wildman–Crippen LogP) is 3.34. The van der Waals surface area contributed by atoms with E-state index in [4.69, 9.17) is 11.0 Å². The van der Waals surface area contributed by atoms with Crippen molar-refractivity contribution in [3.8, 4) is 6.07 Å². The Balaban J connectivity index is 1.85. The van der Waals surface area contributed by atoms with E-state index in [1.54, 1.807) is 0 Å². The Morgan fingerprint density at radius 3 is 2.60 bits per heavy atom. The summed E-state index contributed by atoms with van der Waals surface area (Å²) >= 11 is 0. The number of aryl methyl sites for hydroxylation is 2. The van der Waals surface area contributed by atoms with Crippen molar-refractivity contribution in [2.75, 3.05) is 5.73 Å². The lowest BCUT2D eigenvalue weighted by Crippen LogP contribution is -2.00. The molecule has 0 unspecified atom stereocenters. The molecule has 0 atom stereocenters. The van der Waals surface area contributed by atoms with Gasteiger partial charge in [-0.25, -0.2) is 0 Å². The fourth-order valence-corrected chi connectivity index (χ4v) is 2.45. The summed E-state index contributed by atoms with van der Waals surface area (Å²) in [5.41, 5.74) is 9.58. The first kappa shape index (κ1) is 12.3. The summed E-state index contributed by atoms with van der Waals surface area (Å²) in [6.07, 6.45) is 2.99. The molecule has 3 rings (SSSR count). The highest BCUT2D eigenvalue weighted by Crippen LogP contribution is 2.20. The maximum absolute atomic E-state index is 9.11. The quantitative estimate of drug-likeness (QED) is 0.735. The SMILES string of the molecule is N#Cc1cccc2c1ccn2CCc1ccc(N)cc1. The molecule has 2 N–H and O–H groups in total. The molecular formula is C17H15N3. The van der Waals surface area contributed by atoms with Crippen molar-refractivity contribution >= 4 is 16.6 Å². The summed E-state index contributed by atoms with van der Waals surface area (Å²) in [5.74, 6) is 0. The molecule has 1 aromatic heterocycles. The molecule has 2 aromatic carbocycles. The van der Waals surface area contributed by atoms with Crippen LogP contribution >= 0.6 is 0 Å². The molecular weight excluding hydrogens is 246 g/mol. The first-order chi connectivity index (χ1) is 9.78. The predicted molar refractivity (Wildman–Crippen MR) is 81.2 cm³/mol. The molecule has 0 aliphatic carbocycles. The highest BCUT2D eigenvalue weighted by atomic mass is 14.9. The Morgan fingerprint density at radius 2 is 1.85 bits per heavy atom. The zero-order valence-corrected chi connectivity index (χ0v) is 11.1. The number of hydrogen-bond donors (Lipinski definition) is 1. The lowest BCUT2D eigenvalue weighted by molar-refractivity contribution is 0.723. The summed E-state index contributed by atoms with van der Waals surface area (Å²) in [7, 11) is 0. The first-order valence-electron chi connectivity index (χ1n) is 6.60. The van der Waals surface area contributed by atoms with E-state index >= 15 is 0 Å². The van der Waals surface area contributed by atoms with E-state index < -0.39 is 0 Å². The Hall–Kier alpha value is -2.73. The maximum atomic E-state index is 9.11. The van der Waals surface area contributed by atoms with Gasteiger partial charge in [-0.3, -0.25) is 0 Å². The molecule has 1 heterocycles. The topological polar surface area (TPSA) is 54.7 Å². The van der Waals surface area contributed by atoms with Crippen LogP contribution in [0.5, 0.6) is 0 Å². The van der Waals surface area contributed by atoms with Crippen molar-refractivity contribution in [2.45, 2.75) is 13.0 Å². The normalized spacial score (nSPS) is 10.6. The van der Waals surface area contributed by atoms with Gasteiger partial charge in [-0.1, -0.05) is 18.2 Å². The standard InChI is InChI=1S/C17H15N3/c18-12-14-2-1-3-17-16(14)9-11-20(17)10-8-13-4-6-15(19)7-5-13/h1-7,9,11H,8,10,19H2. The molecule has 3 aromatic rings. The van der Waals surface area contributed by atoms with Crippen LogP contribution in [0.25, 0.3) is 10.9 Å². The molecule has 0 saturated heterocycles. The lowest BCUT2D eigenvalue weighted by Gasteiger charge is -2.06. The van der Waals surface area contributed by atoms with Gasteiger partial charge < -0.3 is 10.3 Å². The minimum absolute atomic E-state index is 0.730. The number of nitrogen functional groups attached to an aromatic ring is 1. The van der Waals surface area contributed by atoms with Crippen molar-refractivity contribution in [1.29, 1.82) is 5.26 Å². The largest absolute Gasteiger partial charge is 0.399 e. The van der Waals surface area contributed by atoms with Crippen molar-refractivity contribution in [3.05, 3.63) is 65.9 Å². The summed E-state index contributed by atoms with van der Waals surface area (Å²) < 4.78 is 2.19. The summed E-state index contributed by atoms with van der Waals surface area (Å²) in [6.45, 7) is 0.891. The molecule has 0 radical (unpaired) electrons. The lowest BCUT2D eigenvalue weighted by atomic mass is 10.1. The van der Waals surface area contributed by atoms with Crippen LogP contribution in [0.4, 0.5) is 5.69 Å². The van der Waals surface area contributed by atoms with Crippen LogP contribution in [-0.4, -0.2) is 4.57 Å². The summed E-state index contributed by atoms with van der Waals surface area (Å²) in [6, 6.07) is 18.1. The van der Waals surface area contributed by atoms with E-state index in [-0.39, 0.29) is 0 Å². The molecule has 98 valence electrons. The van der Waals surface area contributed by atoms with E-state index in [1.807, 2.05) is 36.5 Å². The molecule has 0 aliphatic rings. The van der Waals surface area contributed by atoms with Gasteiger partial charge in [0.2, 0.25) is 0 Å². The fraction of sp³-hybridized carbons (Fsp3) is 0.118. The molecule has 0 saturated carbocycles. The monoisotopic (exact) mass is 261 g/mol. The van der Waals surface area contributed by atoms with Crippen LogP contribution in [0.15, 0.2) is 54.7 Å². The second kappa shape index (κ2) is 5.10. The Morgan fingerprint density at radius 1 is 1.05 bits per heavy atom. The third-order valence-corrected chi connectivity index (χ3v) is 3.56. The van der Waals surface area contributed by atoms with Crippen molar-refractivity contribution < 1.29 is 0 Å².